The number of aromatic amines is 1. The van der Waals surface area contributed by atoms with Crippen molar-refractivity contribution in [1.82, 2.24) is 19.5 Å². The fourth-order valence-corrected chi connectivity index (χ4v) is 5.62. The van der Waals surface area contributed by atoms with Crippen molar-refractivity contribution < 1.29 is 13.9 Å². The van der Waals surface area contributed by atoms with Crippen LogP contribution >= 0.6 is 0 Å². The van der Waals surface area contributed by atoms with Crippen LogP contribution in [-0.4, -0.2) is 25.4 Å². The minimum absolute atomic E-state index is 0.0354. The molecule has 0 saturated heterocycles. The molecule has 1 amide bonds. The highest BCUT2D eigenvalue weighted by atomic mass is 19.1. The van der Waals surface area contributed by atoms with Gasteiger partial charge in [-0.25, -0.2) is 14.4 Å². The highest BCUT2D eigenvalue weighted by molar-refractivity contribution is 6.10. The van der Waals surface area contributed by atoms with E-state index in [1.54, 1.807) is 12.3 Å². The van der Waals surface area contributed by atoms with E-state index in [0.717, 1.165) is 22.8 Å². The standard InChI is InChI=1S/C36H26FN5O3/c1-21-13-15-28-25(17-21)33(43)31(32(42(28)2)23-11-7-4-8-12-23)35(44)41-24-14-16-29(27(37)18-24)45-36-30-26(22-9-5-3-6-10-22)19-38-34(30)39-20-40-36/h3-20H,1-2H3,(H,41,44)(H,38,39,40). The fourth-order valence-electron chi connectivity index (χ4n) is 5.62. The molecule has 8 nitrogen and oxygen atoms in total. The van der Waals surface area contributed by atoms with E-state index in [0.29, 0.717) is 33.2 Å². The number of benzene rings is 4. The van der Waals surface area contributed by atoms with Crippen LogP contribution in [0.4, 0.5) is 10.1 Å². The Hall–Kier alpha value is -6.09. The lowest BCUT2D eigenvalue weighted by Crippen LogP contribution is -2.26. The number of ether oxygens (including phenoxy) is 1. The summed E-state index contributed by atoms with van der Waals surface area (Å²) in [7, 11) is 1.82. The lowest BCUT2D eigenvalue weighted by Gasteiger charge is -2.18. The van der Waals surface area contributed by atoms with Crippen molar-refractivity contribution in [2.24, 2.45) is 7.05 Å². The molecule has 0 radical (unpaired) electrons. The second-order valence-electron chi connectivity index (χ2n) is 10.7. The number of H-pyrrole nitrogens is 1. The molecule has 3 aromatic heterocycles. The largest absolute Gasteiger partial charge is 0.435 e. The van der Waals surface area contributed by atoms with Crippen molar-refractivity contribution in [3.8, 4) is 34.0 Å². The molecule has 9 heteroatoms. The predicted molar refractivity (Wildman–Crippen MR) is 173 cm³/mol. The number of amides is 1. The summed E-state index contributed by atoms with van der Waals surface area (Å²) < 4.78 is 23.3. The van der Waals surface area contributed by atoms with Crippen LogP contribution in [-0.2, 0) is 7.05 Å². The molecule has 4 aromatic carbocycles. The summed E-state index contributed by atoms with van der Waals surface area (Å²) in [6.07, 6.45) is 3.14. The van der Waals surface area contributed by atoms with E-state index in [4.69, 9.17) is 4.74 Å². The number of halogens is 1. The average molecular weight is 596 g/mol. The molecule has 0 bridgehead atoms. The monoisotopic (exact) mass is 595 g/mol. The summed E-state index contributed by atoms with van der Waals surface area (Å²) in [4.78, 5) is 39.3. The van der Waals surface area contributed by atoms with Crippen LogP contribution in [0.1, 0.15) is 15.9 Å². The maximum atomic E-state index is 15.5. The predicted octanol–water partition coefficient (Wildman–Crippen LogP) is 7.64. The zero-order valence-electron chi connectivity index (χ0n) is 24.3. The first-order valence-electron chi connectivity index (χ1n) is 14.2. The molecule has 7 rings (SSSR count). The van der Waals surface area contributed by atoms with E-state index in [1.165, 1.54) is 18.5 Å². The summed E-state index contributed by atoms with van der Waals surface area (Å²) in [6, 6.07) is 28.5. The quantitative estimate of drug-likeness (QED) is 0.206. The average Bonchev–Trinajstić information content (AvgIpc) is 3.50. The smallest absolute Gasteiger partial charge is 0.261 e. The van der Waals surface area contributed by atoms with Crippen molar-refractivity contribution >= 4 is 33.5 Å². The van der Waals surface area contributed by atoms with Gasteiger partial charge in [0.1, 0.15) is 17.5 Å². The lowest BCUT2D eigenvalue weighted by molar-refractivity contribution is 0.102. The Morgan fingerprint density at radius 1 is 0.911 bits per heavy atom. The molecule has 0 aliphatic rings. The molecule has 0 aliphatic carbocycles. The van der Waals surface area contributed by atoms with E-state index >= 15 is 4.39 Å². The Balaban J connectivity index is 1.24. The van der Waals surface area contributed by atoms with Crippen LogP contribution in [0.15, 0.2) is 114 Å². The van der Waals surface area contributed by atoms with E-state index in [-0.39, 0.29) is 22.9 Å². The Morgan fingerprint density at radius 3 is 2.38 bits per heavy atom. The first-order valence-corrected chi connectivity index (χ1v) is 14.2. The Labute approximate surface area is 256 Å². The number of pyridine rings is 1. The third kappa shape index (κ3) is 5.00. The molecular formula is C36H26FN5O3. The summed E-state index contributed by atoms with van der Waals surface area (Å²) in [5, 5.41) is 3.76. The van der Waals surface area contributed by atoms with E-state index in [9.17, 15) is 9.59 Å². The molecule has 0 atom stereocenters. The van der Waals surface area contributed by atoms with E-state index < -0.39 is 17.2 Å². The van der Waals surface area contributed by atoms with Gasteiger partial charge in [0.15, 0.2) is 11.6 Å². The number of fused-ring (bicyclic) bond motifs is 2. The molecule has 0 saturated carbocycles. The molecule has 0 spiro atoms. The van der Waals surface area contributed by atoms with Crippen molar-refractivity contribution in [2.75, 3.05) is 5.32 Å². The Bertz CT molecular complexity index is 2300. The number of hydrogen-bond donors (Lipinski definition) is 2. The zero-order valence-corrected chi connectivity index (χ0v) is 24.3. The lowest BCUT2D eigenvalue weighted by atomic mass is 10.00. The van der Waals surface area contributed by atoms with Gasteiger partial charge in [-0.1, -0.05) is 72.3 Å². The van der Waals surface area contributed by atoms with Crippen molar-refractivity contribution in [1.29, 1.82) is 0 Å². The van der Waals surface area contributed by atoms with Crippen molar-refractivity contribution in [3.63, 3.8) is 0 Å². The second-order valence-corrected chi connectivity index (χ2v) is 10.7. The zero-order chi connectivity index (χ0) is 31.1. The van der Waals surface area contributed by atoms with E-state index in [2.05, 4.69) is 20.3 Å². The first kappa shape index (κ1) is 27.7. The van der Waals surface area contributed by atoms with Crippen LogP contribution in [0.5, 0.6) is 11.6 Å². The van der Waals surface area contributed by atoms with Gasteiger partial charge in [-0.15, -0.1) is 0 Å². The molecular weight excluding hydrogens is 569 g/mol. The topological polar surface area (TPSA) is 102 Å². The summed E-state index contributed by atoms with van der Waals surface area (Å²) in [5.41, 5.74) is 4.76. The maximum Gasteiger partial charge on any atom is 0.261 e. The van der Waals surface area contributed by atoms with Gasteiger partial charge >= 0.3 is 0 Å². The molecule has 45 heavy (non-hydrogen) atoms. The van der Waals surface area contributed by atoms with Crippen molar-refractivity contribution in [3.05, 3.63) is 137 Å². The van der Waals surface area contributed by atoms with E-state index in [1.807, 2.05) is 91.3 Å². The van der Waals surface area contributed by atoms with Gasteiger partial charge in [0.05, 0.1) is 16.6 Å². The minimum atomic E-state index is -0.721. The summed E-state index contributed by atoms with van der Waals surface area (Å²) in [6.45, 7) is 1.89. The summed E-state index contributed by atoms with van der Waals surface area (Å²) >= 11 is 0. The number of nitrogens with one attached hydrogen (secondary N) is 2. The van der Waals surface area contributed by atoms with Crippen LogP contribution in [0, 0.1) is 12.7 Å². The number of aryl methyl sites for hydroxylation is 2. The molecule has 0 fully saturated rings. The molecule has 0 aliphatic heterocycles. The van der Waals surface area contributed by atoms with Gasteiger partial charge in [-0.2, -0.15) is 0 Å². The highest BCUT2D eigenvalue weighted by Gasteiger charge is 2.23. The highest BCUT2D eigenvalue weighted by Crippen LogP contribution is 2.36. The number of hydrogen-bond acceptors (Lipinski definition) is 5. The van der Waals surface area contributed by atoms with Gasteiger partial charge in [-0.05, 0) is 42.3 Å². The van der Waals surface area contributed by atoms with Gasteiger partial charge in [0.25, 0.3) is 5.91 Å². The van der Waals surface area contributed by atoms with Gasteiger partial charge in [-0.3, -0.25) is 9.59 Å². The SMILES string of the molecule is Cc1ccc2c(c1)c(=O)c(C(=O)Nc1ccc(Oc3ncnc4[nH]cc(-c5ccccc5)c34)c(F)c1)c(-c1ccccc1)n2C. The van der Waals surface area contributed by atoms with Crippen LogP contribution in [0.3, 0.4) is 0 Å². The van der Waals surface area contributed by atoms with Crippen LogP contribution < -0.4 is 15.5 Å². The maximum absolute atomic E-state index is 15.5. The third-order valence-electron chi connectivity index (χ3n) is 7.75. The number of rotatable bonds is 6. The number of carbonyl (C=O) groups excluding carboxylic acids is 1. The normalized spacial score (nSPS) is 11.2. The second kappa shape index (κ2) is 11.2. The first-order chi connectivity index (χ1) is 21.9. The number of carbonyl (C=O) groups is 1. The fraction of sp³-hybridized carbons (Fsp3) is 0.0556. The van der Waals surface area contributed by atoms with Crippen molar-refractivity contribution in [2.45, 2.75) is 6.92 Å². The summed E-state index contributed by atoms with van der Waals surface area (Å²) in [5.74, 6) is -1.28. The number of anilines is 1. The molecule has 3 heterocycles. The minimum Gasteiger partial charge on any atom is -0.435 e. The van der Waals surface area contributed by atoms with Gasteiger partial charge < -0.3 is 19.6 Å². The Kier molecular flexibility index (Phi) is 6.90. The molecule has 0 unspecified atom stereocenters. The number of aromatic nitrogens is 4. The van der Waals surface area contributed by atoms with Gasteiger partial charge in [0, 0.05) is 35.9 Å². The molecule has 7 aromatic rings. The van der Waals surface area contributed by atoms with Crippen LogP contribution in [0.2, 0.25) is 0 Å². The van der Waals surface area contributed by atoms with Gasteiger partial charge in [0.2, 0.25) is 11.3 Å². The molecule has 2 N–H and O–H groups in total. The third-order valence-corrected chi connectivity index (χ3v) is 7.75. The molecule has 220 valence electrons. The Morgan fingerprint density at radius 2 is 1.64 bits per heavy atom. The van der Waals surface area contributed by atoms with Crippen LogP contribution in [0.25, 0.3) is 44.3 Å². The number of nitrogens with zero attached hydrogens (tertiary/aromatic N) is 3.